The molecule has 1 saturated carbocycles. The van der Waals surface area contributed by atoms with E-state index < -0.39 is 40.5 Å². The summed E-state index contributed by atoms with van der Waals surface area (Å²) < 4.78 is 65.3. The number of benzene rings is 1. The predicted octanol–water partition coefficient (Wildman–Crippen LogP) is 2.87. The van der Waals surface area contributed by atoms with E-state index in [1.54, 1.807) is 35.3 Å². The summed E-state index contributed by atoms with van der Waals surface area (Å²) in [5.74, 6) is -3.38. The minimum absolute atomic E-state index is 0.0245. The first kappa shape index (κ1) is 18.7. The molecule has 3 aromatic rings. The number of anilines is 1. The van der Waals surface area contributed by atoms with Gasteiger partial charge >= 0.3 is 0 Å². The van der Waals surface area contributed by atoms with Crippen LogP contribution < -0.4 is 9.46 Å². The summed E-state index contributed by atoms with van der Waals surface area (Å²) in [6, 6.07) is 5.26. The standard InChI is InChI=1S/C17H18F2N4O4S/c1-26-13-5-11(9-23-4-2-3-20-23)6-14-15(13)16(21-27-14)22-28(24,25)10-12-7-17(18,19)8-12/h2-6,12H,7-10H2,1H3,(H,21,22). The monoisotopic (exact) mass is 412 g/mol. The highest BCUT2D eigenvalue weighted by molar-refractivity contribution is 7.92. The SMILES string of the molecule is COc1cc(Cn2cccn2)cc2onc(NS(=O)(=O)CC3CC(F)(F)C3)c12. The van der Waals surface area contributed by atoms with Gasteiger partial charge in [0.15, 0.2) is 11.4 Å². The molecule has 0 saturated heterocycles. The highest BCUT2D eigenvalue weighted by atomic mass is 32.2. The van der Waals surface area contributed by atoms with Crippen LogP contribution in [0.1, 0.15) is 18.4 Å². The van der Waals surface area contributed by atoms with Crippen molar-refractivity contribution >= 4 is 26.8 Å². The smallest absolute Gasteiger partial charge is 0.248 e. The third-order valence-corrected chi connectivity index (χ3v) is 6.02. The van der Waals surface area contributed by atoms with E-state index in [4.69, 9.17) is 9.26 Å². The van der Waals surface area contributed by atoms with Crippen LogP contribution in [0.3, 0.4) is 0 Å². The van der Waals surface area contributed by atoms with Gasteiger partial charge in [0.1, 0.15) is 11.1 Å². The number of fused-ring (bicyclic) bond motifs is 1. The van der Waals surface area contributed by atoms with Crippen LogP contribution in [0, 0.1) is 5.92 Å². The summed E-state index contributed by atoms with van der Waals surface area (Å²) in [6.45, 7) is 0.469. The fourth-order valence-electron chi connectivity index (χ4n) is 3.40. The van der Waals surface area contributed by atoms with Crippen molar-refractivity contribution in [3.8, 4) is 5.75 Å². The third kappa shape index (κ3) is 3.79. The van der Waals surface area contributed by atoms with Crippen LogP contribution in [-0.4, -0.2) is 42.1 Å². The van der Waals surface area contributed by atoms with Gasteiger partial charge in [0.2, 0.25) is 15.9 Å². The molecule has 4 rings (SSSR count). The minimum Gasteiger partial charge on any atom is -0.496 e. The number of nitrogens with zero attached hydrogens (tertiary/aromatic N) is 3. The van der Waals surface area contributed by atoms with Gasteiger partial charge < -0.3 is 9.26 Å². The second-order valence-corrected chi connectivity index (χ2v) is 8.69. The summed E-state index contributed by atoms with van der Waals surface area (Å²) in [7, 11) is -2.41. The number of rotatable bonds is 7. The maximum Gasteiger partial charge on any atom is 0.248 e. The van der Waals surface area contributed by atoms with Gasteiger partial charge in [-0.25, -0.2) is 17.2 Å². The fraction of sp³-hybridized carbons (Fsp3) is 0.412. The molecule has 0 unspecified atom stereocenters. The summed E-state index contributed by atoms with van der Waals surface area (Å²) in [5, 5.41) is 8.30. The molecule has 1 N–H and O–H groups in total. The summed E-state index contributed by atoms with van der Waals surface area (Å²) >= 11 is 0. The normalized spacial score (nSPS) is 16.8. The van der Waals surface area contributed by atoms with E-state index in [9.17, 15) is 17.2 Å². The molecule has 1 aromatic carbocycles. The summed E-state index contributed by atoms with van der Waals surface area (Å²) in [6.07, 6.45) is 2.62. The Labute approximate surface area is 159 Å². The van der Waals surface area contributed by atoms with Crippen molar-refractivity contribution in [2.24, 2.45) is 5.92 Å². The molecule has 150 valence electrons. The van der Waals surface area contributed by atoms with E-state index in [-0.39, 0.29) is 5.82 Å². The Balaban J connectivity index is 1.58. The van der Waals surface area contributed by atoms with Crippen LogP contribution in [0.15, 0.2) is 35.1 Å². The molecule has 0 aliphatic heterocycles. The van der Waals surface area contributed by atoms with Gasteiger partial charge in [-0.1, -0.05) is 5.16 Å². The number of hydrogen-bond acceptors (Lipinski definition) is 6. The van der Waals surface area contributed by atoms with Crippen molar-refractivity contribution in [1.29, 1.82) is 0 Å². The first-order chi connectivity index (χ1) is 13.2. The van der Waals surface area contributed by atoms with Gasteiger partial charge in [0, 0.05) is 25.2 Å². The van der Waals surface area contributed by atoms with Crippen LogP contribution >= 0.6 is 0 Å². The lowest BCUT2D eigenvalue weighted by Gasteiger charge is -2.34. The first-order valence-corrected chi connectivity index (χ1v) is 10.2. The molecule has 0 radical (unpaired) electrons. The van der Waals surface area contributed by atoms with Crippen LogP contribution in [0.4, 0.5) is 14.6 Å². The minimum atomic E-state index is -3.86. The van der Waals surface area contributed by atoms with Gasteiger partial charge in [-0.2, -0.15) is 5.10 Å². The molecule has 11 heteroatoms. The average molecular weight is 412 g/mol. The number of hydrogen-bond donors (Lipinski definition) is 1. The van der Waals surface area contributed by atoms with E-state index in [0.717, 1.165) is 5.56 Å². The largest absolute Gasteiger partial charge is 0.496 e. The van der Waals surface area contributed by atoms with Crippen molar-refractivity contribution in [3.05, 3.63) is 36.2 Å². The van der Waals surface area contributed by atoms with E-state index in [0.29, 0.717) is 23.3 Å². The van der Waals surface area contributed by atoms with Crippen molar-refractivity contribution in [2.45, 2.75) is 25.3 Å². The van der Waals surface area contributed by atoms with Crippen molar-refractivity contribution in [1.82, 2.24) is 14.9 Å². The third-order valence-electron chi connectivity index (χ3n) is 4.60. The van der Waals surface area contributed by atoms with E-state index >= 15 is 0 Å². The Morgan fingerprint density at radius 2 is 2.18 bits per heavy atom. The lowest BCUT2D eigenvalue weighted by Crippen LogP contribution is -2.40. The second-order valence-electron chi connectivity index (χ2n) is 6.92. The molecule has 0 amide bonds. The molecular weight excluding hydrogens is 394 g/mol. The highest BCUT2D eigenvalue weighted by Gasteiger charge is 2.46. The zero-order valence-corrected chi connectivity index (χ0v) is 15.7. The fourth-order valence-corrected chi connectivity index (χ4v) is 4.77. The number of sulfonamides is 1. The van der Waals surface area contributed by atoms with Crippen molar-refractivity contribution in [2.75, 3.05) is 17.6 Å². The highest BCUT2D eigenvalue weighted by Crippen LogP contribution is 2.43. The Bertz CT molecular complexity index is 1090. The molecule has 1 fully saturated rings. The lowest BCUT2D eigenvalue weighted by molar-refractivity contribution is -0.103. The molecule has 0 spiro atoms. The van der Waals surface area contributed by atoms with Crippen LogP contribution in [-0.2, 0) is 16.6 Å². The Kier molecular flexibility index (Phi) is 4.48. The number of halogens is 2. The molecule has 0 bridgehead atoms. The van der Waals surface area contributed by atoms with Crippen LogP contribution in [0.5, 0.6) is 5.75 Å². The zero-order valence-electron chi connectivity index (χ0n) is 14.9. The van der Waals surface area contributed by atoms with Crippen molar-refractivity contribution < 1.29 is 26.5 Å². The van der Waals surface area contributed by atoms with Crippen molar-refractivity contribution in [3.63, 3.8) is 0 Å². The molecular formula is C17H18F2N4O4S. The van der Waals surface area contributed by atoms with Crippen LogP contribution in [0.25, 0.3) is 11.0 Å². The number of ether oxygens (including phenoxy) is 1. The number of aromatic nitrogens is 3. The number of nitrogens with one attached hydrogen (secondary N) is 1. The van der Waals surface area contributed by atoms with E-state index in [2.05, 4.69) is 15.0 Å². The maximum absolute atomic E-state index is 13.0. The maximum atomic E-state index is 13.0. The predicted molar refractivity (Wildman–Crippen MR) is 97.0 cm³/mol. The van der Waals surface area contributed by atoms with Crippen LogP contribution in [0.2, 0.25) is 0 Å². The first-order valence-electron chi connectivity index (χ1n) is 8.57. The Morgan fingerprint density at radius 3 is 2.82 bits per heavy atom. The molecule has 2 heterocycles. The van der Waals surface area contributed by atoms with E-state index in [1.807, 2.05) is 0 Å². The van der Waals surface area contributed by atoms with Gasteiger partial charge in [-0.15, -0.1) is 0 Å². The summed E-state index contributed by atoms with van der Waals surface area (Å²) in [5.41, 5.74) is 1.17. The zero-order chi connectivity index (χ0) is 19.9. The molecule has 8 nitrogen and oxygen atoms in total. The number of methoxy groups -OCH3 is 1. The van der Waals surface area contributed by atoms with Gasteiger partial charge in [0.05, 0.1) is 19.4 Å². The quantitative estimate of drug-likeness (QED) is 0.641. The Morgan fingerprint density at radius 1 is 1.39 bits per heavy atom. The topological polar surface area (TPSA) is 99.2 Å². The Hall–Kier alpha value is -2.69. The van der Waals surface area contributed by atoms with Gasteiger partial charge in [-0.05, 0) is 29.7 Å². The average Bonchev–Trinajstić information content (AvgIpc) is 3.22. The number of alkyl halides is 2. The molecule has 28 heavy (non-hydrogen) atoms. The molecule has 2 aromatic heterocycles. The lowest BCUT2D eigenvalue weighted by atomic mass is 9.83. The van der Waals surface area contributed by atoms with Gasteiger partial charge in [0.25, 0.3) is 0 Å². The molecule has 0 atom stereocenters. The van der Waals surface area contributed by atoms with Gasteiger partial charge in [-0.3, -0.25) is 9.40 Å². The van der Waals surface area contributed by atoms with E-state index in [1.165, 1.54) is 7.11 Å². The molecule has 1 aliphatic rings. The molecule has 1 aliphatic carbocycles. The summed E-state index contributed by atoms with van der Waals surface area (Å²) in [4.78, 5) is 0. The second kappa shape index (κ2) is 6.73.